The highest BCUT2D eigenvalue weighted by Gasteiger charge is 2.50. The lowest BCUT2D eigenvalue weighted by Gasteiger charge is -2.31. The van der Waals surface area contributed by atoms with Gasteiger partial charge in [-0.2, -0.15) is 0 Å². The van der Waals surface area contributed by atoms with Crippen molar-refractivity contribution in [1.82, 2.24) is 0 Å². The van der Waals surface area contributed by atoms with Crippen LogP contribution in [0, 0.1) is 0 Å². The molecule has 1 fully saturated rings. The van der Waals surface area contributed by atoms with Crippen molar-refractivity contribution in [2.75, 3.05) is 0 Å². The number of rotatable bonds is 5. The van der Waals surface area contributed by atoms with E-state index in [0.29, 0.717) is 5.57 Å². The number of ether oxygens (including phenoxy) is 1. The molecule has 1 saturated heterocycles. The molecule has 0 radical (unpaired) electrons. The zero-order valence-electron chi connectivity index (χ0n) is 14.2. The maximum atomic E-state index is 12.5. The highest BCUT2D eigenvalue weighted by molar-refractivity contribution is 5.99. The van der Waals surface area contributed by atoms with Crippen molar-refractivity contribution < 1.29 is 9.53 Å². The lowest BCUT2D eigenvalue weighted by atomic mass is 9.78. The van der Waals surface area contributed by atoms with Crippen molar-refractivity contribution in [3.8, 4) is 0 Å². The van der Waals surface area contributed by atoms with Gasteiger partial charge in [-0.25, -0.2) is 4.79 Å². The third-order valence-corrected chi connectivity index (χ3v) is 3.98. The van der Waals surface area contributed by atoms with Crippen LogP contribution in [0.5, 0.6) is 0 Å². The van der Waals surface area contributed by atoms with Gasteiger partial charge in [-0.15, -0.1) is 0 Å². The van der Waals surface area contributed by atoms with Crippen LogP contribution >= 0.6 is 0 Å². The largest absolute Gasteiger partial charge is 0.441 e. The van der Waals surface area contributed by atoms with Gasteiger partial charge in [0.15, 0.2) is 5.60 Å². The van der Waals surface area contributed by atoms with Crippen molar-refractivity contribution in [2.24, 2.45) is 0 Å². The number of cyclic esters (lactones) is 1. The van der Waals surface area contributed by atoms with Crippen LogP contribution in [0.25, 0.3) is 0 Å². The van der Waals surface area contributed by atoms with Gasteiger partial charge in [-0.3, -0.25) is 0 Å². The Labute approximate surface area is 143 Å². The molecule has 0 aliphatic carbocycles. The van der Waals surface area contributed by atoms with Gasteiger partial charge in [0.1, 0.15) is 0 Å². The Balaban J connectivity index is 2.87. The molecule has 122 valence electrons. The normalized spacial score (nSPS) is 24.6. The average molecular weight is 318 g/mol. The molecule has 0 amide bonds. The average Bonchev–Trinajstić information content (AvgIpc) is 2.89. The van der Waals surface area contributed by atoms with E-state index in [2.05, 4.69) is 13.2 Å². The molecule has 24 heavy (non-hydrogen) atoms. The predicted octanol–water partition coefficient (Wildman–Crippen LogP) is 5.19. The van der Waals surface area contributed by atoms with Gasteiger partial charge in [0.2, 0.25) is 0 Å². The van der Waals surface area contributed by atoms with Gasteiger partial charge >= 0.3 is 5.97 Å². The minimum Gasteiger partial charge on any atom is -0.441 e. The summed E-state index contributed by atoms with van der Waals surface area (Å²) in [7, 11) is 0. The predicted molar refractivity (Wildman–Crippen MR) is 99.3 cm³/mol. The lowest BCUT2D eigenvalue weighted by Crippen LogP contribution is -2.29. The summed E-state index contributed by atoms with van der Waals surface area (Å²) in [5.41, 5.74) is 1.97. The molecule has 0 saturated carbocycles. The lowest BCUT2D eigenvalue weighted by molar-refractivity contribution is -0.143. The van der Waals surface area contributed by atoms with Crippen LogP contribution in [0.4, 0.5) is 0 Å². The van der Waals surface area contributed by atoms with Crippen LogP contribution in [0.2, 0.25) is 0 Å². The molecule has 1 unspecified atom stereocenters. The number of carbonyl (C=O) groups is 1. The fraction of sp³-hybridized carbons (Fsp3) is 0.136. The number of esters is 1. The van der Waals surface area contributed by atoms with E-state index >= 15 is 0 Å². The Morgan fingerprint density at radius 2 is 1.88 bits per heavy atom. The smallest absolute Gasteiger partial charge is 0.339 e. The third-order valence-electron chi connectivity index (χ3n) is 3.98. The highest BCUT2D eigenvalue weighted by atomic mass is 16.6. The van der Waals surface area contributed by atoms with Crippen molar-refractivity contribution in [2.45, 2.75) is 19.4 Å². The van der Waals surface area contributed by atoms with Crippen molar-refractivity contribution in [1.29, 1.82) is 0 Å². The summed E-state index contributed by atoms with van der Waals surface area (Å²) in [6.07, 6.45) is 12.8. The maximum absolute atomic E-state index is 12.5. The molecule has 2 heteroatoms. The van der Waals surface area contributed by atoms with Crippen LogP contribution in [0.1, 0.15) is 19.4 Å². The van der Waals surface area contributed by atoms with Gasteiger partial charge in [-0.1, -0.05) is 86.0 Å². The number of hydrogen-bond donors (Lipinski definition) is 0. The first-order valence-electron chi connectivity index (χ1n) is 7.90. The van der Waals surface area contributed by atoms with Crippen LogP contribution in [0.15, 0.2) is 103 Å². The van der Waals surface area contributed by atoms with E-state index in [1.54, 1.807) is 18.2 Å². The van der Waals surface area contributed by atoms with Crippen LogP contribution in [0.3, 0.4) is 0 Å². The van der Waals surface area contributed by atoms with E-state index in [1.165, 1.54) is 0 Å². The van der Waals surface area contributed by atoms with Crippen LogP contribution < -0.4 is 0 Å². The van der Waals surface area contributed by atoms with E-state index in [-0.39, 0.29) is 5.97 Å². The number of benzene rings is 1. The third kappa shape index (κ3) is 2.83. The molecule has 0 spiro atoms. The second kappa shape index (κ2) is 7.60. The quantitative estimate of drug-likeness (QED) is 0.424. The molecule has 1 atom stereocenters. The first kappa shape index (κ1) is 17.5. The van der Waals surface area contributed by atoms with Crippen molar-refractivity contribution in [3.05, 3.63) is 108 Å². The van der Waals surface area contributed by atoms with Gasteiger partial charge in [0.25, 0.3) is 0 Å². The van der Waals surface area contributed by atoms with E-state index in [4.69, 9.17) is 4.74 Å². The first-order chi connectivity index (χ1) is 11.6. The zero-order chi connectivity index (χ0) is 17.6. The maximum Gasteiger partial charge on any atom is 0.339 e. The Morgan fingerprint density at radius 3 is 2.42 bits per heavy atom. The molecule has 1 heterocycles. The topological polar surface area (TPSA) is 26.3 Å². The summed E-state index contributed by atoms with van der Waals surface area (Å²) in [5, 5.41) is 0. The number of hydrogen-bond acceptors (Lipinski definition) is 2. The number of allylic oxidation sites excluding steroid dienone is 6. The van der Waals surface area contributed by atoms with E-state index in [0.717, 1.165) is 16.7 Å². The molecular weight excluding hydrogens is 296 g/mol. The van der Waals surface area contributed by atoms with Crippen molar-refractivity contribution >= 4 is 5.97 Å². The van der Waals surface area contributed by atoms with Crippen LogP contribution in [-0.4, -0.2) is 5.97 Å². The molecule has 1 aliphatic heterocycles. The summed E-state index contributed by atoms with van der Waals surface area (Å²) < 4.78 is 5.96. The second-order valence-corrected chi connectivity index (χ2v) is 5.31. The Kier molecular flexibility index (Phi) is 5.54. The zero-order valence-corrected chi connectivity index (χ0v) is 14.2. The summed E-state index contributed by atoms with van der Waals surface area (Å²) >= 11 is 0. The Hall–Kier alpha value is -2.87. The van der Waals surface area contributed by atoms with E-state index in [9.17, 15) is 4.79 Å². The molecule has 1 aromatic carbocycles. The molecular formula is C22H22O2. The molecule has 0 N–H and O–H groups in total. The monoisotopic (exact) mass is 318 g/mol. The number of carbonyl (C=O) groups excluding carboxylic acids is 1. The van der Waals surface area contributed by atoms with Gasteiger partial charge in [0, 0.05) is 16.7 Å². The van der Waals surface area contributed by atoms with E-state index < -0.39 is 5.60 Å². The fourth-order valence-corrected chi connectivity index (χ4v) is 2.94. The van der Waals surface area contributed by atoms with Crippen molar-refractivity contribution in [3.63, 3.8) is 0 Å². The Bertz CT molecular complexity index is 760. The first-order valence-corrected chi connectivity index (χ1v) is 7.90. The van der Waals surface area contributed by atoms with E-state index in [1.807, 2.05) is 68.5 Å². The SMILES string of the molecule is C=C/C=C1\C(=C/C)C(=O)OC1(/C(C=C)=C/C=C\C)c1ccccc1. The van der Waals surface area contributed by atoms with Gasteiger partial charge in [-0.05, 0) is 13.8 Å². The van der Waals surface area contributed by atoms with Gasteiger partial charge in [0.05, 0.1) is 5.57 Å². The molecule has 2 nitrogen and oxygen atoms in total. The fourth-order valence-electron chi connectivity index (χ4n) is 2.94. The van der Waals surface area contributed by atoms with Crippen LogP contribution in [-0.2, 0) is 15.1 Å². The highest BCUT2D eigenvalue weighted by Crippen LogP contribution is 2.49. The summed E-state index contributed by atoms with van der Waals surface area (Å²) in [5.74, 6) is -0.345. The summed E-state index contributed by atoms with van der Waals surface area (Å²) in [4.78, 5) is 12.5. The minimum atomic E-state index is -1.02. The molecule has 1 aromatic rings. The van der Waals surface area contributed by atoms with Gasteiger partial charge < -0.3 is 4.74 Å². The summed E-state index contributed by atoms with van der Waals surface area (Å²) in [6, 6.07) is 9.71. The second-order valence-electron chi connectivity index (χ2n) is 5.31. The molecule has 1 aliphatic rings. The summed E-state index contributed by atoms with van der Waals surface area (Å²) in [6.45, 7) is 11.5. The Morgan fingerprint density at radius 1 is 1.17 bits per heavy atom. The molecule has 0 bridgehead atoms. The molecule has 2 rings (SSSR count). The minimum absolute atomic E-state index is 0.345. The molecule has 0 aromatic heterocycles. The standard InChI is InChI=1S/C22H22O2/c1-5-9-14-17(7-3)22(18-15-11-10-12-16-18)20(13-6-2)19(8-4)21(23)24-22/h5-16H,2-3H2,1,4H3/b9-5-,17-14+,19-8+,20-13+.